The van der Waals surface area contributed by atoms with Crippen LogP contribution in [0, 0.1) is 0 Å². The lowest BCUT2D eigenvalue weighted by molar-refractivity contribution is -0.140. The van der Waals surface area contributed by atoms with E-state index in [2.05, 4.69) is 5.32 Å². The Morgan fingerprint density at radius 3 is 2.30 bits per heavy atom. The number of methoxy groups -OCH3 is 1. The lowest BCUT2D eigenvalue weighted by atomic mass is 9.92. The third-order valence-electron chi connectivity index (χ3n) is 4.38. The fourth-order valence-electron chi connectivity index (χ4n) is 2.95. The van der Waals surface area contributed by atoms with E-state index in [0.717, 1.165) is 5.56 Å². The van der Waals surface area contributed by atoms with E-state index in [4.69, 9.17) is 14.2 Å². The molecule has 2 rings (SSSR count). The van der Waals surface area contributed by atoms with Crippen molar-refractivity contribution in [1.29, 1.82) is 0 Å². The first kappa shape index (κ1) is 23.1. The number of hydrogen-bond acceptors (Lipinski definition) is 5. The molecular weight excluding hydrogens is 386 g/mol. The average molecular weight is 415 g/mol. The van der Waals surface area contributed by atoms with Gasteiger partial charge in [-0.15, -0.1) is 0 Å². The summed E-state index contributed by atoms with van der Waals surface area (Å²) in [4.78, 5) is 24.1. The van der Waals surface area contributed by atoms with Crippen LogP contribution in [0.1, 0.15) is 44.7 Å². The number of amides is 1. The second-order valence-electron chi connectivity index (χ2n) is 7.90. The first-order chi connectivity index (χ1) is 14.1. The van der Waals surface area contributed by atoms with Gasteiger partial charge in [0.1, 0.15) is 18.2 Å². The fourth-order valence-corrected chi connectivity index (χ4v) is 2.95. The third kappa shape index (κ3) is 6.40. The molecule has 0 aliphatic heterocycles. The topological polar surface area (TPSA) is 94.1 Å². The van der Waals surface area contributed by atoms with Crippen molar-refractivity contribution in [3.05, 3.63) is 59.7 Å². The van der Waals surface area contributed by atoms with Crippen LogP contribution in [0.3, 0.4) is 0 Å². The minimum absolute atomic E-state index is 0.290. The molecule has 2 atom stereocenters. The van der Waals surface area contributed by atoms with Gasteiger partial charge >= 0.3 is 12.1 Å². The second kappa shape index (κ2) is 10.0. The predicted molar refractivity (Wildman–Crippen MR) is 113 cm³/mol. The van der Waals surface area contributed by atoms with Gasteiger partial charge < -0.3 is 24.6 Å². The van der Waals surface area contributed by atoms with Gasteiger partial charge in [-0.1, -0.05) is 49.4 Å². The van der Waals surface area contributed by atoms with E-state index in [1.54, 1.807) is 45.9 Å². The molecule has 2 aromatic carbocycles. The van der Waals surface area contributed by atoms with Gasteiger partial charge in [-0.05, 0) is 32.4 Å². The number of carbonyl (C=O) groups is 2. The molecular formula is C23H29NO6. The maximum absolute atomic E-state index is 12.2. The van der Waals surface area contributed by atoms with Crippen LogP contribution in [-0.4, -0.2) is 35.9 Å². The van der Waals surface area contributed by atoms with Crippen LogP contribution in [0.15, 0.2) is 48.5 Å². The summed E-state index contributed by atoms with van der Waals surface area (Å²) >= 11 is 0. The number of hydrogen-bond donors (Lipinski definition) is 2. The summed E-state index contributed by atoms with van der Waals surface area (Å²) in [5, 5.41) is 12.2. The van der Waals surface area contributed by atoms with E-state index in [-0.39, 0.29) is 6.61 Å². The number of para-hydroxylation sites is 1. The highest BCUT2D eigenvalue weighted by molar-refractivity contribution is 5.81. The van der Waals surface area contributed by atoms with Gasteiger partial charge in [-0.2, -0.15) is 0 Å². The minimum atomic E-state index is -1.22. The van der Waals surface area contributed by atoms with E-state index in [0.29, 0.717) is 17.1 Å². The monoisotopic (exact) mass is 415 g/mol. The van der Waals surface area contributed by atoms with Crippen LogP contribution < -0.4 is 14.8 Å². The zero-order valence-electron chi connectivity index (χ0n) is 18.0. The van der Waals surface area contributed by atoms with E-state index >= 15 is 0 Å². The van der Waals surface area contributed by atoms with E-state index in [1.165, 1.54) is 7.11 Å². The van der Waals surface area contributed by atoms with Crippen molar-refractivity contribution in [1.82, 2.24) is 5.32 Å². The second-order valence-corrected chi connectivity index (χ2v) is 7.90. The number of nitrogens with one attached hydrogen (secondary N) is 1. The van der Waals surface area contributed by atoms with Crippen molar-refractivity contribution >= 4 is 12.1 Å². The Morgan fingerprint density at radius 1 is 1.07 bits per heavy atom. The molecule has 0 fully saturated rings. The maximum Gasteiger partial charge on any atom is 0.408 e. The first-order valence-corrected chi connectivity index (χ1v) is 9.68. The molecule has 0 heterocycles. The number of alkyl carbamates (subject to hydrolysis) is 1. The Labute approximate surface area is 177 Å². The quantitative estimate of drug-likeness (QED) is 0.665. The molecule has 7 heteroatoms. The van der Waals surface area contributed by atoms with Crippen LogP contribution in [0.25, 0.3) is 0 Å². The van der Waals surface area contributed by atoms with Crippen molar-refractivity contribution < 1.29 is 28.9 Å². The van der Waals surface area contributed by atoms with Crippen molar-refractivity contribution in [2.45, 2.75) is 51.9 Å². The standard InChI is InChI=1S/C23H29NO6/c1-15(19(21(25)26)24-22(27)30-23(2,3)4)17-12-9-13-18(28-5)20(17)29-14-16-10-7-6-8-11-16/h6-13,15,19H,14H2,1-5H3,(H,24,27)(H,25,26). The Bertz CT molecular complexity index is 860. The summed E-state index contributed by atoms with van der Waals surface area (Å²) in [5.74, 6) is -0.869. The highest BCUT2D eigenvalue weighted by atomic mass is 16.6. The van der Waals surface area contributed by atoms with Crippen LogP contribution >= 0.6 is 0 Å². The summed E-state index contributed by atoms with van der Waals surface area (Å²) < 4.78 is 16.7. The number of rotatable bonds is 8. The Kier molecular flexibility index (Phi) is 7.69. The molecule has 162 valence electrons. The zero-order chi connectivity index (χ0) is 22.3. The van der Waals surface area contributed by atoms with Crippen molar-refractivity contribution in [2.75, 3.05) is 7.11 Å². The Morgan fingerprint density at radius 2 is 1.73 bits per heavy atom. The molecule has 0 spiro atoms. The average Bonchev–Trinajstić information content (AvgIpc) is 2.69. The van der Waals surface area contributed by atoms with Crippen molar-refractivity contribution in [3.8, 4) is 11.5 Å². The normalized spacial score (nSPS) is 13.1. The molecule has 0 bridgehead atoms. The molecule has 0 aliphatic rings. The van der Waals surface area contributed by atoms with Crippen LogP contribution in [0.2, 0.25) is 0 Å². The van der Waals surface area contributed by atoms with Gasteiger partial charge in [0, 0.05) is 11.5 Å². The smallest absolute Gasteiger partial charge is 0.408 e. The predicted octanol–water partition coefficient (Wildman–Crippen LogP) is 4.36. The van der Waals surface area contributed by atoms with Crippen LogP contribution in [0.5, 0.6) is 11.5 Å². The largest absolute Gasteiger partial charge is 0.493 e. The number of carbonyl (C=O) groups excluding carboxylic acids is 1. The molecule has 7 nitrogen and oxygen atoms in total. The number of carboxylic acids is 1. The van der Waals surface area contributed by atoms with Gasteiger partial charge in [0.25, 0.3) is 0 Å². The van der Waals surface area contributed by atoms with Gasteiger partial charge in [-0.3, -0.25) is 0 Å². The van der Waals surface area contributed by atoms with Crippen LogP contribution in [-0.2, 0) is 16.1 Å². The minimum Gasteiger partial charge on any atom is -0.493 e. The van der Waals surface area contributed by atoms with E-state index in [9.17, 15) is 14.7 Å². The molecule has 0 aromatic heterocycles. The van der Waals surface area contributed by atoms with E-state index in [1.807, 2.05) is 30.3 Å². The highest BCUT2D eigenvalue weighted by Crippen LogP contribution is 2.37. The number of ether oxygens (including phenoxy) is 3. The number of aliphatic carboxylic acids is 1. The van der Waals surface area contributed by atoms with Gasteiger partial charge in [-0.25, -0.2) is 9.59 Å². The van der Waals surface area contributed by atoms with E-state index < -0.39 is 29.6 Å². The summed E-state index contributed by atoms with van der Waals surface area (Å²) in [7, 11) is 1.52. The van der Waals surface area contributed by atoms with Gasteiger partial charge in [0.05, 0.1) is 7.11 Å². The molecule has 30 heavy (non-hydrogen) atoms. The van der Waals surface area contributed by atoms with Crippen molar-refractivity contribution in [3.63, 3.8) is 0 Å². The molecule has 0 saturated carbocycles. The fraction of sp³-hybridized carbons (Fsp3) is 0.391. The summed E-state index contributed by atoms with van der Waals surface area (Å²) in [5.41, 5.74) is 0.827. The molecule has 2 unspecified atom stereocenters. The van der Waals surface area contributed by atoms with Crippen LogP contribution in [0.4, 0.5) is 4.79 Å². The summed E-state index contributed by atoms with van der Waals surface area (Å²) in [6.07, 6.45) is -0.795. The zero-order valence-corrected chi connectivity index (χ0v) is 18.0. The molecule has 0 aliphatic carbocycles. The summed E-state index contributed by atoms with van der Waals surface area (Å²) in [6, 6.07) is 13.7. The van der Waals surface area contributed by atoms with Crippen molar-refractivity contribution in [2.24, 2.45) is 0 Å². The third-order valence-corrected chi connectivity index (χ3v) is 4.38. The summed E-state index contributed by atoms with van der Waals surface area (Å²) in [6.45, 7) is 7.13. The Balaban J connectivity index is 2.30. The molecule has 2 N–H and O–H groups in total. The highest BCUT2D eigenvalue weighted by Gasteiger charge is 2.32. The van der Waals surface area contributed by atoms with Gasteiger partial charge in [0.15, 0.2) is 11.5 Å². The lowest BCUT2D eigenvalue weighted by Crippen LogP contribution is -2.46. The molecule has 1 amide bonds. The lowest BCUT2D eigenvalue weighted by Gasteiger charge is -2.26. The molecule has 0 saturated heterocycles. The number of benzene rings is 2. The SMILES string of the molecule is COc1cccc(C(C)C(NC(=O)OC(C)(C)C)C(=O)O)c1OCc1ccccc1. The first-order valence-electron chi connectivity index (χ1n) is 9.68. The number of carboxylic acid groups (broad SMARTS) is 1. The molecule has 0 radical (unpaired) electrons. The maximum atomic E-state index is 12.2. The molecule has 2 aromatic rings. The Hall–Kier alpha value is -3.22. The van der Waals surface area contributed by atoms with Gasteiger partial charge in [0.2, 0.25) is 0 Å².